The summed E-state index contributed by atoms with van der Waals surface area (Å²) in [7, 11) is 4.78. The number of unbranched alkanes of at least 4 members (excludes halogenated alkanes) is 1. The molecule has 2 rings (SSSR count). The summed E-state index contributed by atoms with van der Waals surface area (Å²) in [5, 5.41) is 74.8. The van der Waals surface area contributed by atoms with E-state index in [2.05, 4.69) is 49.5 Å². The van der Waals surface area contributed by atoms with E-state index in [1.54, 1.807) is 40.2 Å². The second kappa shape index (κ2) is 40.7. The number of amides is 11. The molecule has 556 valence electrons. The number of hydrogen-bond donors (Lipinski definition) is 16. The van der Waals surface area contributed by atoms with Gasteiger partial charge in [0, 0.05) is 12.6 Å². The number of carboxylic acids is 4. The minimum Gasteiger partial charge on any atom is -0.481 e. The van der Waals surface area contributed by atoms with Crippen molar-refractivity contribution in [1.82, 2.24) is 58.1 Å². The third-order valence-corrected chi connectivity index (χ3v) is 16.6. The molecule has 0 saturated carbocycles. The van der Waals surface area contributed by atoms with Crippen molar-refractivity contribution in [2.45, 2.75) is 200 Å². The van der Waals surface area contributed by atoms with Crippen molar-refractivity contribution < 1.29 is 111 Å². The molecular weight excluding hydrogens is 1300 g/mol. The van der Waals surface area contributed by atoms with Gasteiger partial charge in [0.25, 0.3) is 0 Å². The number of carbonyl (C=O) groups excluding carboxylic acids is 12. The van der Waals surface area contributed by atoms with Crippen LogP contribution in [0.5, 0.6) is 0 Å². The number of nitrogens with zero attached hydrogens (tertiary/aromatic N) is 2. The molecule has 0 aromatic heterocycles. The highest BCUT2D eigenvalue weighted by Gasteiger charge is 2.46. The maximum absolute atomic E-state index is 15.0. The number of aliphatic carboxylic acids is 4. The van der Waals surface area contributed by atoms with Crippen LogP contribution in [0.15, 0.2) is 24.3 Å². The molecule has 0 aromatic carbocycles. The summed E-state index contributed by atoms with van der Waals surface area (Å²) in [6.45, 7) is 13.5. The zero-order valence-electron chi connectivity index (χ0n) is 58.5. The third kappa shape index (κ3) is 28.7. The summed E-state index contributed by atoms with van der Waals surface area (Å²) in [5.74, 6) is -27.0. The molecule has 2 aliphatic heterocycles. The van der Waals surface area contributed by atoms with Crippen LogP contribution in [-0.4, -0.2) is 250 Å². The van der Waals surface area contributed by atoms with Crippen molar-refractivity contribution >= 4 is 94.8 Å². The second-order valence-corrected chi connectivity index (χ2v) is 27.0. The highest BCUT2D eigenvalue weighted by Crippen LogP contribution is 2.26. The van der Waals surface area contributed by atoms with E-state index in [-0.39, 0.29) is 49.8 Å². The number of aliphatic hydroxyl groups is 1. The van der Waals surface area contributed by atoms with Gasteiger partial charge in [-0.25, -0.2) is 4.79 Å². The summed E-state index contributed by atoms with van der Waals surface area (Å²) in [6, 6.07) is -19.0. The van der Waals surface area contributed by atoms with E-state index in [9.17, 15) is 97.5 Å². The predicted molar refractivity (Wildman–Crippen MR) is 352 cm³/mol. The molecule has 35 nitrogen and oxygen atoms in total. The molecule has 0 bridgehead atoms. The van der Waals surface area contributed by atoms with Crippen molar-refractivity contribution in [1.29, 1.82) is 0 Å². The van der Waals surface area contributed by atoms with Gasteiger partial charge in [-0.2, -0.15) is 0 Å². The van der Waals surface area contributed by atoms with Gasteiger partial charge >= 0.3 is 29.8 Å². The maximum atomic E-state index is 15.0. The van der Waals surface area contributed by atoms with Gasteiger partial charge in [-0.1, -0.05) is 73.1 Å². The number of likely N-dealkylation sites (N-methyl/N-ethyl adjacent to an activating group) is 1. The quantitative estimate of drug-likeness (QED) is 0.0119. The Hall–Kier alpha value is -9.12. The standard InChI is InChI=1S/C64H103N13O22/c1-14-33(6)21-17-15-16-18-23-42(78)70-48(35(8)62(94)95)58(90)74-50-37(10)67-55(87)41-25-34(7)29-76(41)61(93)47(32(4)5)73-57(89)49(36(9)63(96)97)71-43(79)28-66-53(85)40(27-45(82)83)69-60(92)51(52(84)64(98)99-38(26-44(80)81)30-77(11,12)13)75-54(86)39(22-19-20-24-65)68-56(88)46(31(2)3)72-59(50)91/h15-16,18,23,31-41,46-52,84H,14,17,19-22,24-30,65H2,1-13H3,(H13-,66,67,68,69,70,71,72,73,74,75,78,79,80,81,82,83,85,86,87,88,89,90,91,92,94,95,96,97)/p+1/b16-15-,23-18+/t33?,34-,35?,36?,37?,38?,39+,40+,41+,46-,47+,48+,49-,50+,51+,52?/m1/s1. The molecule has 17 N–H and O–H groups in total. The molecule has 99 heavy (non-hydrogen) atoms. The first kappa shape index (κ1) is 86.0. The van der Waals surface area contributed by atoms with Crippen molar-refractivity contribution in [2.24, 2.45) is 41.2 Å². The zero-order chi connectivity index (χ0) is 75.5. The number of hydrogen-bond acceptors (Lipinski definition) is 19. The number of allylic oxidation sites excluding steroid dienone is 3. The lowest BCUT2D eigenvalue weighted by Gasteiger charge is -2.34. The van der Waals surface area contributed by atoms with E-state index in [0.29, 0.717) is 12.3 Å². The molecule has 0 aromatic rings. The van der Waals surface area contributed by atoms with Gasteiger partial charge in [0.1, 0.15) is 60.9 Å². The Morgan fingerprint density at radius 1 is 0.687 bits per heavy atom. The average Bonchev–Trinajstić information content (AvgIpc) is 1.67. The second-order valence-electron chi connectivity index (χ2n) is 27.0. The summed E-state index contributed by atoms with van der Waals surface area (Å²) >= 11 is 0. The van der Waals surface area contributed by atoms with Gasteiger partial charge in [-0.3, -0.25) is 71.9 Å². The molecule has 0 spiro atoms. The first-order chi connectivity index (χ1) is 46.0. The Kier molecular flexibility index (Phi) is 35.3. The molecular formula is C64H104N13O22+. The first-order valence-corrected chi connectivity index (χ1v) is 33.0. The largest absolute Gasteiger partial charge is 0.481 e. The number of aliphatic hydroxyl groups excluding tert-OH is 1. The van der Waals surface area contributed by atoms with Crippen molar-refractivity contribution in [2.75, 3.05) is 47.3 Å². The van der Waals surface area contributed by atoms with Gasteiger partial charge in [-0.05, 0) is 89.5 Å². The Labute approximate surface area is 575 Å². The number of fused-ring (bicyclic) bond motifs is 1. The van der Waals surface area contributed by atoms with Crippen LogP contribution in [0, 0.1) is 35.5 Å². The van der Waals surface area contributed by atoms with E-state index in [1.165, 1.54) is 40.7 Å². The van der Waals surface area contributed by atoms with Crippen LogP contribution in [0.3, 0.4) is 0 Å². The maximum Gasteiger partial charge on any atom is 0.338 e. The Bertz CT molecular complexity index is 2970. The van der Waals surface area contributed by atoms with Crippen LogP contribution in [-0.2, 0) is 81.4 Å². The minimum atomic E-state index is -2.84. The van der Waals surface area contributed by atoms with Gasteiger partial charge in [0.05, 0.1) is 58.4 Å². The van der Waals surface area contributed by atoms with E-state index < -0.39 is 216 Å². The molecule has 11 amide bonds. The number of nitrogens with two attached hydrogens (primary N) is 1. The van der Waals surface area contributed by atoms with Crippen LogP contribution >= 0.6 is 0 Å². The van der Waals surface area contributed by atoms with Crippen molar-refractivity contribution in [3.63, 3.8) is 0 Å². The normalized spacial score (nSPS) is 25.1. The molecule has 16 atom stereocenters. The highest BCUT2D eigenvalue weighted by atomic mass is 16.6. The smallest absolute Gasteiger partial charge is 0.338 e. The number of rotatable bonds is 28. The Balaban J connectivity index is 3.07. The third-order valence-electron chi connectivity index (χ3n) is 16.6. The lowest BCUT2D eigenvalue weighted by molar-refractivity contribution is -0.873. The molecule has 2 fully saturated rings. The van der Waals surface area contributed by atoms with Crippen molar-refractivity contribution in [3.8, 4) is 0 Å². The van der Waals surface area contributed by atoms with E-state index in [0.717, 1.165) is 37.7 Å². The topological polar surface area (TPSA) is 533 Å². The molecule has 2 aliphatic rings. The lowest BCUT2D eigenvalue weighted by atomic mass is 9.97. The van der Waals surface area contributed by atoms with Crippen LogP contribution < -0.4 is 58.9 Å². The molecule has 6 unspecified atom stereocenters. The fourth-order valence-corrected chi connectivity index (χ4v) is 10.6. The SMILES string of the molecule is CCC(C)CC/C=C\C=C\C(=O)N[C@H](C(=O)N[C@@H]1C(=O)N[C@H](C(C)C)C(=O)N[C@@H](CCCCN)C(=O)N[C@@H](C(O)C(=O)OC(CC(=O)O)C[N+](C)(C)C)C(=O)N[C@@H](CC(=O)O)C(=O)NCC(=O)N[C@H](C(C)C(=O)O)C(=O)N[C@@H](C(C)C)C(=O)N2C[C@H](C)C[C@H]2C(=O)NC1C)C(C)C(=O)O. The summed E-state index contributed by atoms with van der Waals surface area (Å²) in [5.41, 5.74) is 5.78. The Morgan fingerprint density at radius 2 is 1.27 bits per heavy atom. The number of carboxylic acid groups (broad SMARTS) is 4. The fraction of sp³-hybridized carbons (Fsp3) is 0.688. The summed E-state index contributed by atoms with van der Waals surface area (Å²) < 4.78 is 5.35. The van der Waals surface area contributed by atoms with Gasteiger partial charge in [-0.15, -0.1) is 0 Å². The predicted octanol–water partition coefficient (Wildman–Crippen LogP) is -3.51. The number of nitrogens with one attached hydrogen (secondary N) is 10. The van der Waals surface area contributed by atoms with Crippen molar-refractivity contribution in [3.05, 3.63) is 24.3 Å². The van der Waals surface area contributed by atoms with E-state index in [4.69, 9.17) is 10.5 Å². The fourth-order valence-electron chi connectivity index (χ4n) is 10.6. The van der Waals surface area contributed by atoms with Crippen LogP contribution in [0.2, 0.25) is 0 Å². The minimum absolute atomic E-state index is 0.0227. The molecule has 35 heteroatoms. The van der Waals surface area contributed by atoms with Gasteiger partial charge < -0.3 is 98.6 Å². The number of quaternary nitrogens is 1. The number of carbonyl (C=O) groups is 16. The number of esters is 1. The summed E-state index contributed by atoms with van der Waals surface area (Å²) in [6.07, 6.45) is 1.57. The van der Waals surface area contributed by atoms with Crippen LogP contribution in [0.25, 0.3) is 0 Å². The monoisotopic (exact) mass is 1410 g/mol. The molecule has 2 heterocycles. The molecule has 2 saturated heterocycles. The van der Waals surface area contributed by atoms with E-state index in [1.807, 2.05) is 17.6 Å². The van der Waals surface area contributed by atoms with E-state index >= 15 is 4.79 Å². The van der Waals surface area contributed by atoms with Crippen LogP contribution in [0.1, 0.15) is 127 Å². The average molecular weight is 1410 g/mol. The highest BCUT2D eigenvalue weighted by molar-refractivity contribution is 6.02. The first-order valence-electron chi connectivity index (χ1n) is 33.0. The van der Waals surface area contributed by atoms with Gasteiger partial charge in [0.15, 0.2) is 12.2 Å². The number of ether oxygens (including phenoxy) is 1. The summed E-state index contributed by atoms with van der Waals surface area (Å²) in [4.78, 5) is 222. The van der Waals surface area contributed by atoms with Gasteiger partial charge in [0.2, 0.25) is 65.0 Å². The lowest BCUT2D eigenvalue weighted by Crippen LogP contribution is -2.65. The molecule has 0 aliphatic carbocycles. The Morgan fingerprint density at radius 3 is 1.83 bits per heavy atom. The van der Waals surface area contributed by atoms with Crippen LogP contribution in [0.4, 0.5) is 0 Å². The molecule has 0 radical (unpaired) electrons. The zero-order valence-corrected chi connectivity index (χ0v) is 58.5.